The zero-order valence-electron chi connectivity index (χ0n) is 10.3. The Morgan fingerprint density at radius 3 is 2.58 bits per heavy atom. The topological polar surface area (TPSA) is 15.3 Å². The molecule has 1 aromatic rings. The first-order chi connectivity index (χ1) is 8.94. The molecule has 1 N–H and O–H groups in total. The maximum absolute atomic E-state index is 12.3. The van der Waals surface area contributed by atoms with Crippen LogP contribution in [0.1, 0.15) is 17.7 Å². The summed E-state index contributed by atoms with van der Waals surface area (Å²) < 4.78 is 37.9. The van der Waals surface area contributed by atoms with E-state index in [4.69, 9.17) is 0 Å². The Labute approximate surface area is 123 Å². The van der Waals surface area contributed by atoms with Gasteiger partial charge in [0.15, 0.2) is 0 Å². The predicted octanol–water partition coefficient (Wildman–Crippen LogP) is 3.63. The van der Waals surface area contributed by atoms with E-state index < -0.39 is 12.7 Å². The summed E-state index contributed by atoms with van der Waals surface area (Å²) in [5.74, 6) is 0. The lowest BCUT2D eigenvalue weighted by atomic mass is 10.1. The van der Waals surface area contributed by atoms with Gasteiger partial charge in [-0.25, -0.2) is 0 Å². The van der Waals surface area contributed by atoms with E-state index in [1.807, 2.05) is 11.4 Å². The van der Waals surface area contributed by atoms with Gasteiger partial charge in [-0.05, 0) is 53.3 Å². The molecule has 2 heterocycles. The lowest BCUT2D eigenvalue weighted by Crippen LogP contribution is -2.45. The maximum atomic E-state index is 12.3. The number of thiophene rings is 1. The van der Waals surface area contributed by atoms with E-state index in [9.17, 15) is 13.2 Å². The normalized spacial score (nSPS) is 18.9. The van der Waals surface area contributed by atoms with Gasteiger partial charge in [-0.2, -0.15) is 13.2 Å². The van der Waals surface area contributed by atoms with E-state index in [2.05, 4.69) is 21.2 Å². The zero-order valence-corrected chi connectivity index (χ0v) is 12.7. The number of alkyl halides is 3. The number of rotatable bonds is 4. The molecule has 1 fully saturated rings. The van der Waals surface area contributed by atoms with Crippen LogP contribution >= 0.6 is 27.3 Å². The SMILES string of the molecule is FC(F)(F)CN1CCC(NCc2sccc2Br)CC1. The van der Waals surface area contributed by atoms with Gasteiger partial charge in [0.1, 0.15) is 0 Å². The van der Waals surface area contributed by atoms with Crippen molar-refractivity contribution in [2.75, 3.05) is 19.6 Å². The van der Waals surface area contributed by atoms with Gasteiger partial charge < -0.3 is 5.32 Å². The zero-order chi connectivity index (χ0) is 13.9. The Morgan fingerprint density at radius 2 is 2.05 bits per heavy atom. The smallest absolute Gasteiger partial charge is 0.309 e. The van der Waals surface area contributed by atoms with Crippen LogP contribution in [0.4, 0.5) is 13.2 Å². The van der Waals surface area contributed by atoms with Crippen LogP contribution in [-0.2, 0) is 6.54 Å². The van der Waals surface area contributed by atoms with E-state index in [-0.39, 0.29) is 0 Å². The highest BCUT2D eigenvalue weighted by molar-refractivity contribution is 9.10. The number of hydrogen-bond acceptors (Lipinski definition) is 3. The van der Waals surface area contributed by atoms with Crippen molar-refractivity contribution in [3.8, 4) is 0 Å². The highest BCUT2D eigenvalue weighted by Gasteiger charge is 2.32. The Kier molecular flexibility index (Phi) is 5.28. The van der Waals surface area contributed by atoms with Gasteiger partial charge in [-0.3, -0.25) is 4.90 Å². The first-order valence-corrected chi connectivity index (χ1v) is 7.85. The molecule has 1 aliphatic rings. The molecule has 108 valence electrons. The fraction of sp³-hybridized carbons (Fsp3) is 0.667. The molecule has 1 aliphatic heterocycles. The van der Waals surface area contributed by atoms with Crippen molar-refractivity contribution in [2.45, 2.75) is 31.6 Å². The molecule has 2 nitrogen and oxygen atoms in total. The molecule has 0 amide bonds. The molecule has 0 atom stereocenters. The molecular formula is C12H16BrF3N2S. The van der Waals surface area contributed by atoms with Crippen LogP contribution in [0.2, 0.25) is 0 Å². The number of nitrogens with one attached hydrogen (secondary N) is 1. The monoisotopic (exact) mass is 356 g/mol. The molecule has 0 saturated carbocycles. The van der Waals surface area contributed by atoms with Crippen molar-refractivity contribution in [1.29, 1.82) is 0 Å². The van der Waals surface area contributed by atoms with Crippen molar-refractivity contribution in [2.24, 2.45) is 0 Å². The minimum Gasteiger partial charge on any atom is -0.309 e. The van der Waals surface area contributed by atoms with Crippen LogP contribution in [0.15, 0.2) is 15.9 Å². The molecule has 2 rings (SSSR count). The maximum Gasteiger partial charge on any atom is 0.401 e. The second-order valence-electron chi connectivity index (χ2n) is 4.74. The van der Waals surface area contributed by atoms with Crippen LogP contribution in [0.3, 0.4) is 0 Å². The lowest BCUT2D eigenvalue weighted by molar-refractivity contribution is -0.148. The summed E-state index contributed by atoms with van der Waals surface area (Å²) in [6.07, 6.45) is -2.53. The van der Waals surface area contributed by atoms with Crippen molar-refractivity contribution < 1.29 is 13.2 Å². The highest BCUT2D eigenvalue weighted by atomic mass is 79.9. The number of likely N-dealkylation sites (tertiary alicyclic amines) is 1. The van der Waals surface area contributed by atoms with Gasteiger partial charge in [0, 0.05) is 21.9 Å². The Bertz CT molecular complexity index is 400. The Balaban J connectivity index is 1.70. The van der Waals surface area contributed by atoms with Crippen molar-refractivity contribution in [1.82, 2.24) is 10.2 Å². The lowest BCUT2D eigenvalue weighted by Gasteiger charge is -2.32. The molecule has 1 aromatic heterocycles. The van der Waals surface area contributed by atoms with Crippen LogP contribution in [-0.4, -0.2) is 36.8 Å². The third kappa shape index (κ3) is 5.06. The largest absolute Gasteiger partial charge is 0.401 e. The Hall–Kier alpha value is -0.110. The van der Waals surface area contributed by atoms with Gasteiger partial charge in [0.25, 0.3) is 0 Å². The summed E-state index contributed by atoms with van der Waals surface area (Å²) in [4.78, 5) is 2.72. The highest BCUT2D eigenvalue weighted by Crippen LogP contribution is 2.23. The van der Waals surface area contributed by atoms with Crippen LogP contribution in [0.5, 0.6) is 0 Å². The number of hydrogen-bond donors (Lipinski definition) is 1. The quantitative estimate of drug-likeness (QED) is 0.886. The van der Waals surface area contributed by atoms with Crippen LogP contribution in [0, 0.1) is 0 Å². The predicted molar refractivity (Wildman–Crippen MR) is 74.4 cm³/mol. The second-order valence-corrected chi connectivity index (χ2v) is 6.59. The summed E-state index contributed by atoms with van der Waals surface area (Å²) >= 11 is 5.15. The first kappa shape index (κ1) is 15.3. The van der Waals surface area contributed by atoms with Gasteiger partial charge in [0.05, 0.1) is 6.54 Å². The number of halogens is 4. The summed E-state index contributed by atoms with van der Waals surface area (Å²) in [7, 11) is 0. The van der Waals surface area contributed by atoms with E-state index in [0.29, 0.717) is 19.1 Å². The molecule has 7 heteroatoms. The molecule has 0 aromatic carbocycles. The molecule has 0 spiro atoms. The molecule has 0 aliphatic carbocycles. The number of piperidine rings is 1. The third-order valence-corrected chi connectivity index (χ3v) is 5.16. The molecule has 19 heavy (non-hydrogen) atoms. The standard InChI is InChI=1S/C12H16BrF3N2S/c13-10-3-6-19-11(10)7-17-9-1-4-18(5-2-9)8-12(14,15)16/h3,6,9,17H,1-2,4-5,7-8H2. The minimum atomic E-state index is -4.08. The molecular weight excluding hydrogens is 341 g/mol. The molecule has 0 bridgehead atoms. The summed E-state index contributed by atoms with van der Waals surface area (Å²) in [6, 6.07) is 2.33. The third-order valence-electron chi connectivity index (χ3n) is 3.23. The summed E-state index contributed by atoms with van der Waals surface area (Å²) in [5.41, 5.74) is 0. The van der Waals surface area contributed by atoms with Gasteiger partial charge in [0.2, 0.25) is 0 Å². The molecule has 0 radical (unpaired) electrons. The van der Waals surface area contributed by atoms with Crippen molar-refractivity contribution >= 4 is 27.3 Å². The van der Waals surface area contributed by atoms with Gasteiger partial charge >= 0.3 is 6.18 Å². The van der Waals surface area contributed by atoms with E-state index >= 15 is 0 Å². The average molecular weight is 357 g/mol. The first-order valence-electron chi connectivity index (χ1n) is 6.18. The van der Waals surface area contributed by atoms with Crippen LogP contribution in [0.25, 0.3) is 0 Å². The van der Waals surface area contributed by atoms with Gasteiger partial charge in [-0.15, -0.1) is 11.3 Å². The second kappa shape index (κ2) is 6.56. The fourth-order valence-corrected chi connectivity index (χ4v) is 3.68. The van der Waals surface area contributed by atoms with E-state index in [1.54, 1.807) is 11.3 Å². The minimum absolute atomic E-state index is 0.318. The van der Waals surface area contributed by atoms with E-state index in [0.717, 1.165) is 23.9 Å². The van der Waals surface area contributed by atoms with Crippen molar-refractivity contribution in [3.05, 3.63) is 20.8 Å². The fourth-order valence-electron chi connectivity index (χ4n) is 2.24. The number of nitrogens with zero attached hydrogens (tertiary/aromatic N) is 1. The van der Waals surface area contributed by atoms with Crippen molar-refractivity contribution in [3.63, 3.8) is 0 Å². The molecule has 0 unspecified atom stereocenters. The average Bonchev–Trinajstić information content (AvgIpc) is 2.72. The summed E-state index contributed by atoms with van der Waals surface area (Å²) in [5, 5.41) is 5.44. The Morgan fingerprint density at radius 1 is 1.37 bits per heavy atom. The summed E-state index contributed by atoms with van der Waals surface area (Å²) in [6.45, 7) is 1.03. The molecule has 1 saturated heterocycles. The van der Waals surface area contributed by atoms with Crippen LogP contribution < -0.4 is 5.32 Å². The van der Waals surface area contributed by atoms with E-state index in [1.165, 1.54) is 9.78 Å². The van der Waals surface area contributed by atoms with Gasteiger partial charge in [-0.1, -0.05) is 0 Å².